The van der Waals surface area contributed by atoms with Crippen molar-refractivity contribution in [3.8, 4) is 0 Å². The van der Waals surface area contributed by atoms with Crippen LogP contribution in [0.1, 0.15) is 26.6 Å². The molecule has 0 unspecified atom stereocenters. The molecule has 12 heavy (non-hydrogen) atoms. The highest BCUT2D eigenvalue weighted by atomic mass is 15.1. The molecular formula is C10H14N2. The maximum absolute atomic E-state index is 4.18. The zero-order valence-electron chi connectivity index (χ0n) is 7.83. The van der Waals surface area contributed by atoms with Crippen LogP contribution >= 0.6 is 0 Å². The lowest BCUT2D eigenvalue weighted by Gasteiger charge is -2.21. The minimum atomic E-state index is 0.0686. The van der Waals surface area contributed by atoms with Gasteiger partial charge in [-0.3, -0.25) is 0 Å². The fraction of sp³-hybridized carbons (Fsp3) is 0.400. The van der Waals surface area contributed by atoms with Crippen LogP contribution in [0.3, 0.4) is 0 Å². The molecule has 0 atom stereocenters. The summed E-state index contributed by atoms with van der Waals surface area (Å²) in [6, 6.07) is 0. The van der Waals surface area contributed by atoms with E-state index in [0.717, 1.165) is 5.82 Å². The van der Waals surface area contributed by atoms with Crippen LogP contribution in [0.25, 0.3) is 6.08 Å². The highest BCUT2D eigenvalue weighted by Gasteiger charge is 2.14. The minimum absolute atomic E-state index is 0.0686. The molecule has 0 radical (unpaired) electrons. The standard InChI is InChI=1S/C10H14N2/c1-5-6-9-11-7-8-12(9)10(2,3)4/h6-8H,1H2,2-4H3. The number of nitrogens with zero attached hydrogens (tertiary/aromatic N) is 2. The zero-order valence-corrected chi connectivity index (χ0v) is 7.83. The smallest absolute Gasteiger partial charge is 0.140 e. The molecule has 0 aromatic carbocycles. The lowest BCUT2D eigenvalue weighted by Crippen LogP contribution is -2.22. The van der Waals surface area contributed by atoms with E-state index in [1.807, 2.05) is 6.20 Å². The fourth-order valence-electron chi connectivity index (χ4n) is 1.08. The van der Waals surface area contributed by atoms with Crippen LogP contribution in [0, 0.1) is 0 Å². The van der Waals surface area contributed by atoms with Crippen molar-refractivity contribution in [3.63, 3.8) is 0 Å². The summed E-state index contributed by atoms with van der Waals surface area (Å²) in [4.78, 5) is 4.18. The largest absolute Gasteiger partial charge is 0.326 e. The number of rotatable bonds is 1. The van der Waals surface area contributed by atoms with Crippen molar-refractivity contribution in [2.75, 3.05) is 0 Å². The van der Waals surface area contributed by atoms with E-state index in [1.54, 1.807) is 12.3 Å². The van der Waals surface area contributed by atoms with Gasteiger partial charge in [-0.2, -0.15) is 0 Å². The molecule has 64 valence electrons. The van der Waals surface area contributed by atoms with E-state index >= 15 is 0 Å². The molecule has 0 aliphatic carbocycles. The van der Waals surface area contributed by atoms with Crippen molar-refractivity contribution < 1.29 is 0 Å². The fourth-order valence-corrected chi connectivity index (χ4v) is 1.08. The predicted molar refractivity (Wildman–Crippen MR) is 50.8 cm³/mol. The van der Waals surface area contributed by atoms with E-state index in [4.69, 9.17) is 0 Å². The Morgan fingerprint density at radius 3 is 2.75 bits per heavy atom. The van der Waals surface area contributed by atoms with Gasteiger partial charge in [0, 0.05) is 24.0 Å². The van der Waals surface area contributed by atoms with Crippen molar-refractivity contribution in [2.24, 2.45) is 0 Å². The molecule has 2 heteroatoms. The first-order valence-electron chi connectivity index (χ1n) is 3.95. The average Bonchev–Trinajstić information content (AvgIpc) is 2.34. The van der Waals surface area contributed by atoms with Crippen LogP contribution in [0.5, 0.6) is 0 Å². The third-order valence-electron chi connectivity index (χ3n) is 1.62. The molecule has 0 bridgehead atoms. The Hall–Kier alpha value is -1.27. The maximum atomic E-state index is 4.18. The van der Waals surface area contributed by atoms with E-state index in [-0.39, 0.29) is 5.54 Å². The Kier molecular flexibility index (Phi) is 2.20. The van der Waals surface area contributed by atoms with Gasteiger partial charge in [-0.25, -0.2) is 4.98 Å². The van der Waals surface area contributed by atoms with E-state index < -0.39 is 0 Å². The normalized spacial score (nSPS) is 10.9. The van der Waals surface area contributed by atoms with Gasteiger partial charge in [-0.15, -0.1) is 5.73 Å². The summed E-state index contributed by atoms with van der Waals surface area (Å²) in [5, 5.41) is 0. The van der Waals surface area contributed by atoms with Crippen molar-refractivity contribution in [3.05, 3.63) is 30.5 Å². The molecule has 0 amide bonds. The Bertz CT molecular complexity index is 309. The second kappa shape index (κ2) is 3.00. The first-order valence-corrected chi connectivity index (χ1v) is 3.95. The van der Waals surface area contributed by atoms with Gasteiger partial charge in [-0.05, 0) is 20.8 Å². The molecule has 0 saturated carbocycles. The van der Waals surface area contributed by atoms with Gasteiger partial charge < -0.3 is 4.57 Å². The predicted octanol–water partition coefficient (Wildman–Crippen LogP) is 2.44. The molecule has 1 rings (SSSR count). The van der Waals surface area contributed by atoms with Gasteiger partial charge in [0.15, 0.2) is 0 Å². The molecule has 1 aromatic heterocycles. The lowest BCUT2D eigenvalue weighted by molar-refractivity contribution is 0.394. The Morgan fingerprint density at radius 2 is 2.25 bits per heavy atom. The molecular weight excluding hydrogens is 148 g/mol. The Labute approximate surface area is 73.2 Å². The summed E-state index contributed by atoms with van der Waals surface area (Å²) >= 11 is 0. The first kappa shape index (κ1) is 8.82. The van der Waals surface area contributed by atoms with Crippen molar-refractivity contribution in [1.29, 1.82) is 0 Å². The summed E-state index contributed by atoms with van der Waals surface area (Å²) in [6.07, 6.45) is 5.53. The molecule has 0 spiro atoms. The lowest BCUT2D eigenvalue weighted by atomic mass is 10.1. The minimum Gasteiger partial charge on any atom is -0.326 e. The number of hydrogen-bond donors (Lipinski definition) is 0. The molecule has 1 aromatic rings. The number of aromatic nitrogens is 2. The van der Waals surface area contributed by atoms with Gasteiger partial charge in [0.05, 0.1) is 0 Å². The quantitative estimate of drug-likeness (QED) is 0.580. The van der Waals surface area contributed by atoms with Gasteiger partial charge in [0.2, 0.25) is 0 Å². The van der Waals surface area contributed by atoms with Crippen molar-refractivity contribution >= 4 is 6.08 Å². The van der Waals surface area contributed by atoms with Crippen LogP contribution in [0.4, 0.5) is 0 Å². The molecule has 0 fully saturated rings. The van der Waals surface area contributed by atoms with Crippen LogP contribution in [0.2, 0.25) is 0 Å². The van der Waals surface area contributed by atoms with E-state index in [0.29, 0.717) is 0 Å². The van der Waals surface area contributed by atoms with Crippen LogP contribution < -0.4 is 0 Å². The first-order chi connectivity index (χ1) is 5.55. The summed E-state index contributed by atoms with van der Waals surface area (Å²) in [5.41, 5.74) is 2.79. The molecule has 1 heterocycles. The van der Waals surface area contributed by atoms with Gasteiger partial charge in [0.1, 0.15) is 5.82 Å². The monoisotopic (exact) mass is 162 g/mol. The third kappa shape index (κ3) is 1.66. The molecule has 2 nitrogen and oxygen atoms in total. The Balaban J connectivity index is 3.16. The molecule has 0 aliphatic heterocycles. The Morgan fingerprint density at radius 1 is 1.58 bits per heavy atom. The molecule has 0 N–H and O–H groups in total. The zero-order chi connectivity index (χ0) is 9.19. The van der Waals surface area contributed by atoms with E-state index in [1.165, 1.54) is 0 Å². The second-order valence-corrected chi connectivity index (χ2v) is 3.67. The summed E-state index contributed by atoms with van der Waals surface area (Å²) in [5.74, 6) is 0.900. The van der Waals surface area contributed by atoms with Crippen molar-refractivity contribution in [2.45, 2.75) is 26.3 Å². The number of imidazole rings is 1. The maximum Gasteiger partial charge on any atom is 0.140 e. The highest BCUT2D eigenvalue weighted by molar-refractivity contribution is 5.39. The van der Waals surface area contributed by atoms with Crippen LogP contribution in [-0.4, -0.2) is 9.55 Å². The van der Waals surface area contributed by atoms with Gasteiger partial charge >= 0.3 is 0 Å². The number of hydrogen-bond acceptors (Lipinski definition) is 1. The molecule has 0 aliphatic rings. The molecule has 0 saturated heterocycles. The second-order valence-electron chi connectivity index (χ2n) is 3.67. The summed E-state index contributed by atoms with van der Waals surface area (Å²) in [6.45, 7) is 9.93. The van der Waals surface area contributed by atoms with Gasteiger partial charge in [0.25, 0.3) is 0 Å². The highest BCUT2D eigenvalue weighted by Crippen LogP contribution is 2.16. The van der Waals surface area contributed by atoms with E-state index in [2.05, 4.69) is 42.6 Å². The summed E-state index contributed by atoms with van der Waals surface area (Å²) < 4.78 is 2.09. The summed E-state index contributed by atoms with van der Waals surface area (Å²) in [7, 11) is 0. The topological polar surface area (TPSA) is 17.8 Å². The van der Waals surface area contributed by atoms with Crippen molar-refractivity contribution in [1.82, 2.24) is 9.55 Å². The van der Waals surface area contributed by atoms with E-state index in [9.17, 15) is 0 Å². The van der Waals surface area contributed by atoms with Crippen LogP contribution in [0.15, 0.2) is 24.7 Å². The van der Waals surface area contributed by atoms with Gasteiger partial charge in [-0.1, -0.05) is 6.58 Å². The third-order valence-corrected chi connectivity index (χ3v) is 1.62. The SMILES string of the molecule is C=C=Cc1nccn1C(C)(C)C. The average molecular weight is 162 g/mol. The van der Waals surface area contributed by atoms with Crippen LogP contribution in [-0.2, 0) is 5.54 Å².